The van der Waals surface area contributed by atoms with Gasteiger partial charge in [0.1, 0.15) is 5.76 Å². The first-order valence-corrected chi connectivity index (χ1v) is 6.96. The Bertz CT molecular complexity index is 658. The Kier molecular flexibility index (Phi) is 6.81. The van der Waals surface area contributed by atoms with E-state index in [4.69, 9.17) is 15.9 Å². The van der Waals surface area contributed by atoms with Gasteiger partial charge in [-0.25, -0.2) is 0 Å². The van der Waals surface area contributed by atoms with Crippen molar-refractivity contribution in [2.24, 2.45) is 17.4 Å². The summed E-state index contributed by atoms with van der Waals surface area (Å²) < 4.78 is 5.20. The zero-order chi connectivity index (χ0) is 16.1. The summed E-state index contributed by atoms with van der Waals surface area (Å²) >= 11 is 0. The molecule has 7 heteroatoms. The highest BCUT2D eigenvalue weighted by Gasteiger charge is 2.22. The van der Waals surface area contributed by atoms with Gasteiger partial charge in [0.25, 0.3) is 5.91 Å². The monoisotopic (exact) mass is 337 g/mol. The molecule has 1 aromatic heterocycles. The molecule has 0 bridgehead atoms. The highest BCUT2D eigenvalue weighted by Crippen LogP contribution is 2.19. The summed E-state index contributed by atoms with van der Waals surface area (Å²) in [4.78, 5) is 23.1. The van der Waals surface area contributed by atoms with Crippen LogP contribution in [-0.2, 0) is 11.3 Å². The second-order valence-corrected chi connectivity index (χ2v) is 5.07. The summed E-state index contributed by atoms with van der Waals surface area (Å²) in [5, 5.41) is 2.74. The number of carbonyl (C=O) groups is 2. The summed E-state index contributed by atoms with van der Waals surface area (Å²) in [6, 6.07) is 12.1. The number of amides is 2. The molecule has 6 nitrogen and oxygen atoms in total. The zero-order valence-electron chi connectivity index (χ0n) is 12.7. The molecule has 0 saturated heterocycles. The van der Waals surface area contributed by atoms with E-state index >= 15 is 0 Å². The van der Waals surface area contributed by atoms with Crippen LogP contribution in [-0.4, -0.2) is 11.8 Å². The molecule has 0 aliphatic heterocycles. The van der Waals surface area contributed by atoms with Crippen molar-refractivity contribution in [1.29, 1.82) is 0 Å². The number of hydrogen-bond donors (Lipinski definition) is 3. The Morgan fingerprint density at radius 3 is 2.39 bits per heavy atom. The first kappa shape index (κ1) is 18.7. The standard InChI is InChI=1S/C16H19N3O3.ClH/c1-10(14(17)11-5-3-2-4-6-11)16(21)19-9-12-7-8-13(22-12)15(18)20;/h2-8,10,14H,9,17H2,1H3,(H2,18,20)(H,19,21);1H. The molecule has 0 spiro atoms. The van der Waals surface area contributed by atoms with Crippen LogP contribution in [0, 0.1) is 5.92 Å². The lowest BCUT2D eigenvalue weighted by molar-refractivity contribution is -0.125. The molecular weight excluding hydrogens is 318 g/mol. The fourth-order valence-electron chi connectivity index (χ4n) is 2.07. The largest absolute Gasteiger partial charge is 0.454 e. The Hall–Kier alpha value is -2.31. The van der Waals surface area contributed by atoms with Gasteiger partial charge in [0.05, 0.1) is 12.5 Å². The molecule has 0 aliphatic rings. The minimum atomic E-state index is -0.642. The predicted molar refractivity (Wildman–Crippen MR) is 88.9 cm³/mol. The number of rotatable bonds is 6. The number of carbonyl (C=O) groups excluding carboxylic acids is 2. The minimum Gasteiger partial charge on any atom is -0.454 e. The van der Waals surface area contributed by atoms with Crippen molar-refractivity contribution in [2.75, 3.05) is 0 Å². The van der Waals surface area contributed by atoms with Crippen molar-refractivity contribution in [3.63, 3.8) is 0 Å². The smallest absolute Gasteiger partial charge is 0.284 e. The van der Waals surface area contributed by atoms with Gasteiger partial charge in [0, 0.05) is 6.04 Å². The summed E-state index contributed by atoms with van der Waals surface area (Å²) in [7, 11) is 0. The van der Waals surface area contributed by atoms with Crippen LogP contribution < -0.4 is 16.8 Å². The van der Waals surface area contributed by atoms with Gasteiger partial charge in [-0.2, -0.15) is 0 Å². The second-order valence-electron chi connectivity index (χ2n) is 5.07. The van der Waals surface area contributed by atoms with Crippen molar-refractivity contribution in [1.82, 2.24) is 5.32 Å². The van der Waals surface area contributed by atoms with Crippen LogP contribution in [0.25, 0.3) is 0 Å². The van der Waals surface area contributed by atoms with Crippen LogP contribution in [0.15, 0.2) is 46.9 Å². The van der Waals surface area contributed by atoms with E-state index in [9.17, 15) is 9.59 Å². The SMILES string of the molecule is CC(C(=O)NCc1ccc(C(N)=O)o1)C(N)c1ccccc1.Cl. The number of nitrogens with one attached hydrogen (secondary N) is 1. The summed E-state index contributed by atoms with van der Waals surface area (Å²) in [5.74, 6) is -0.695. The number of hydrogen-bond acceptors (Lipinski definition) is 4. The fourth-order valence-corrected chi connectivity index (χ4v) is 2.07. The quantitative estimate of drug-likeness (QED) is 0.745. The van der Waals surface area contributed by atoms with Crippen molar-refractivity contribution in [2.45, 2.75) is 19.5 Å². The molecule has 0 aliphatic carbocycles. The van der Waals surface area contributed by atoms with E-state index in [1.807, 2.05) is 30.3 Å². The number of furan rings is 1. The van der Waals surface area contributed by atoms with E-state index in [2.05, 4.69) is 5.32 Å². The molecule has 1 aromatic carbocycles. The van der Waals surface area contributed by atoms with E-state index in [0.717, 1.165) is 5.56 Å². The van der Waals surface area contributed by atoms with Crippen LogP contribution in [0.3, 0.4) is 0 Å². The molecule has 2 amide bonds. The van der Waals surface area contributed by atoms with Crippen molar-refractivity contribution in [3.8, 4) is 0 Å². The number of primary amides is 1. The summed E-state index contributed by atoms with van der Waals surface area (Å²) in [5.41, 5.74) is 12.1. The minimum absolute atomic E-state index is 0. The van der Waals surface area contributed by atoms with Gasteiger partial charge in [-0.3, -0.25) is 9.59 Å². The van der Waals surface area contributed by atoms with Crippen molar-refractivity contribution in [3.05, 3.63) is 59.5 Å². The van der Waals surface area contributed by atoms with Gasteiger partial charge < -0.3 is 21.2 Å². The normalized spacial score (nSPS) is 12.8. The lowest BCUT2D eigenvalue weighted by Crippen LogP contribution is -2.35. The van der Waals surface area contributed by atoms with Gasteiger partial charge >= 0.3 is 0 Å². The number of benzene rings is 1. The molecule has 1 heterocycles. The highest BCUT2D eigenvalue weighted by molar-refractivity contribution is 5.89. The van der Waals surface area contributed by atoms with Crippen LogP contribution in [0.4, 0.5) is 0 Å². The fraction of sp³-hybridized carbons (Fsp3) is 0.250. The average molecular weight is 338 g/mol. The third-order valence-electron chi connectivity index (χ3n) is 3.48. The average Bonchev–Trinajstić information content (AvgIpc) is 3.01. The molecule has 2 aromatic rings. The van der Waals surface area contributed by atoms with Crippen molar-refractivity contribution < 1.29 is 14.0 Å². The maximum absolute atomic E-state index is 12.1. The molecule has 0 radical (unpaired) electrons. The van der Waals surface area contributed by atoms with Crippen LogP contribution in [0.5, 0.6) is 0 Å². The van der Waals surface area contributed by atoms with E-state index in [0.29, 0.717) is 5.76 Å². The maximum atomic E-state index is 12.1. The van der Waals surface area contributed by atoms with E-state index in [1.165, 1.54) is 6.07 Å². The van der Waals surface area contributed by atoms with Gasteiger partial charge in [0.2, 0.25) is 5.91 Å². The maximum Gasteiger partial charge on any atom is 0.284 e. The first-order chi connectivity index (χ1) is 10.5. The van der Waals surface area contributed by atoms with E-state index < -0.39 is 11.8 Å². The van der Waals surface area contributed by atoms with Crippen LogP contribution in [0.1, 0.15) is 34.8 Å². The Morgan fingerprint density at radius 1 is 1.17 bits per heavy atom. The van der Waals surface area contributed by atoms with Crippen molar-refractivity contribution >= 4 is 24.2 Å². The van der Waals surface area contributed by atoms with E-state index in [-0.39, 0.29) is 36.7 Å². The zero-order valence-corrected chi connectivity index (χ0v) is 13.5. The Labute approximate surface area is 140 Å². The molecule has 23 heavy (non-hydrogen) atoms. The predicted octanol–water partition coefficient (Wildman–Crippen LogP) is 1.75. The topological polar surface area (TPSA) is 111 Å². The lowest BCUT2D eigenvalue weighted by Gasteiger charge is -2.19. The van der Waals surface area contributed by atoms with E-state index in [1.54, 1.807) is 13.0 Å². The first-order valence-electron chi connectivity index (χ1n) is 6.96. The molecule has 2 rings (SSSR count). The van der Waals surface area contributed by atoms with Gasteiger partial charge in [0.15, 0.2) is 5.76 Å². The Morgan fingerprint density at radius 2 is 1.83 bits per heavy atom. The molecule has 124 valence electrons. The summed E-state index contributed by atoms with van der Waals surface area (Å²) in [6.45, 7) is 1.95. The van der Waals surface area contributed by atoms with Gasteiger partial charge in [-0.1, -0.05) is 37.3 Å². The third-order valence-corrected chi connectivity index (χ3v) is 3.48. The highest BCUT2D eigenvalue weighted by atomic mass is 35.5. The molecule has 2 unspecified atom stereocenters. The molecule has 2 atom stereocenters. The molecule has 5 N–H and O–H groups in total. The number of nitrogens with two attached hydrogens (primary N) is 2. The van der Waals surface area contributed by atoms with Crippen LogP contribution in [0.2, 0.25) is 0 Å². The molecule has 0 fully saturated rings. The van der Waals surface area contributed by atoms with Gasteiger partial charge in [-0.15, -0.1) is 12.4 Å². The van der Waals surface area contributed by atoms with Crippen LogP contribution >= 0.6 is 12.4 Å². The number of halogens is 1. The second kappa shape index (κ2) is 8.36. The summed E-state index contributed by atoms with van der Waals surface area (Å²) in [6.07, 6.45) is 0. The molecule has 0 saturated carbocycles. The third kappa shape index (κ3) is 4.84. The van der Waals surface area contributed by atoms with Gasteiger partial charge in [-0.05, 0) is 17.7 Å². The lowest BCUT2D eigenvalue weighted by atomic mass is 9.95. The Balaban J connectivity index is 0.00000264. The molecular formula is C16H20ClN3O3.